The Morgan fingerprint density at radius 1 is 1.15 bits per heavy atom. The summed E-state index contributed by atoms with van der Waals surface area (Å²) in [6.45, 7) is 0. The normalized spacial score (nSPS) is 11.9. The zero-order valence-corrected chi connectivity index (χ0v) is 12.0. The standard InChI is InChI=1S/C15H19N3O2/c1-16-12(13-10-17-6-7-18-13)8-11-4-5-14(19-2)15(9-11)20-3/h4-7,9-10,12,16H,8H2,1-3H3. The summed E-state index contributed by atoms with van der Waals surface area (Å²) in [6.07, 6.45) is 5.96. The van der Waals surface area contributed by atoms with Crippen molar-refractivity contribution in [2.24, 2.45) is 0 Å². The third-order valence-corrected chi connectivity index (χ3v) is 3.18. The van der Waals surface area contributed by atoms with Crippen molar-refractivity contribution in [1.29, 1.82) is 0 Å². The van der Waals surface area contributed by atoms with Crippen LogP contribution in [0.4, 0.5) is 0 Å². The number of hydrogen-bond acceptors (Lipinski definition) is 5. The van der Waals surface area contributed by atoms with Gasteiger partial charge in [0.05, 0.1) is 26.0 Å². The van der Waals surface area contributed by atoms with Crippen LogP contribution in [0.15, 0.2) is 36.8 Å². The molecule has 1 unspecified atom stereocenters. The van der Waals surface area contributed by atoms with E-state index in [1.54, 1.807) is 32.8 Å². The van der Waals surface area contributed by atoms with Crippen LogP contribution in [0.5, 0.6) is 11.5 Å². The highest BCUT2D eigenvalue weighted by Gasteiger charge is 2.13. The molecule has 20 heavy (non-hydrogen) atoms. The maximum Gasteiger partial charge on any atom is 0.160 e. The average Bonchev–Trinajstić information content (AvgIpc) is 2.53. The van der Waals surface area contributed by atoms with Crippen molar-refractivity contribution in [2.45, 2.75) is 12.5 Å². The van der Waals surface area contributed by atoms with Crippen molar-refractivity contribution >= 4 is 0 Å². The van der Waals surface area contributed by atoms with Crippen LogP contribution in [0.1, 0.15) is 17.3 Å². The predicted octanol–water partition coefficient (Wildman–Crippen LogP) is 2.00. The zero-order valence-electron chi connectivity index (χ0n) is 12.0. The van der Waals surface area contributed by atoms with E-state index in [1.807, 2.05) is 25.2 Å². The number of rotatable bonds is 6. The molecule has 1 atom stereocenters. The lowest BCUT2D eigenvalue weighted by molar-refractivity contribution is 0.354. The first-order chi connectivity index (χ1) is 9.78. The minimum absolute atomic E-state index is 0.113. The van der Waals surface area contributed by atoms with Crippen LogP contribution >= 0.6 is 0 Å². The van der Waals surface area contributed by atoms with E-state index in [-0.39, 0.29) is 6.04 Å². The van der Waals surface area contributed by atoms with Gasteiger partial charge in [-0.2, -0.15) is 0 Å². The molecule has 0 saturated heterocycles. The first-order valence-electron chi connectivity index (χ1n) is 6.42. The van der Waals surface area contributed by atoms with Crippen LogP contribution in [0.3, 0.4) is 0 Å². The average molecular weight is 273 g/mol. The molecule has 5 nitrogen and oxygen atoms in total. The summed E-state index contributed by atoms with van der Waals surface area (Å²) < 4.78 is 10.6. The van der Waals surface area contributed by atoms with E-state index in [1.165, 1.54) is 0 Å². The molecule has 1 heterocycles. The summed E-state index contributed by atoms with van der Waals surface area (Å²) >= 11 is 0. The van der Waals surface area contributed by atoms with Crippen LogP contribution in [0, 0.1) is 0 Å². The molecular formula is C15H19N3O2. The maximum absolute atomic E-state index is 5.32. The van der Waals surface area contributed by atoms with Gasteiger partial charge in [0, 0.05) is 18.6 Å². The number of methoxy groups -OCH3 is 2. The molecule has 0 aliphatic heterocycles. The molecule has 106 valence electrons. The van der Waals surface area contributed by atoms with E-state index in [0.29, 0.717) is 0 Å². The van der Waals surface area contributed by atoms with Crippen molar-refractivity contribution in [3.63, 3.8) is 0 Å². The molecule has 0 spiro atoms. The highest BCUT2D eigenvalue weighted by atomic mass is 16.5. The number of aromatic nitrogens is 2. The third kappa shape index (κ3) is 3.24. The Morgan fingerprint density at radius 3 is 2.55 bits per heavy atom. The van der Waals surface area contributed by atoms with Crippen LogP contribution in [-0.4, -0.2) is 31.2 Å². The lowest BCUT2D eigenvalue weighted by Crippen LogP contribution is -2.20. The highest BCUT2D eigenvalue weighted by Crippen LogP contribution is 2.29. The zero-order chi connectivity index (χ0) is 14.4. The van der Waals surface area contributed by atoms with Gasteiger partial charge in [0.1, 0.15) is 0 Å². The second kappa shape index (κ2) is 6.86. The van der Waals surface area contributed by atoms with Gasteiger partial charge in [0.2, 0.25) is 0 Å². The molecule has 0 fully saturated rings. The fourth-order valence-electron chi connectivity index (χ4n) is 2.09. The van der Waals surface area contributed by atoms with E-state index in [4.69, 9.17) is 9.47 Å². The minimum atomic E-state index is 0.113. The number of benzene rings is 1. The van der Waals surface area contributed by atoms with E-state index in [2.05, 4.69) is 15.3 Å². The molecule has 0 aliphatic rings. The number of nitrogens with one attached hydrogen (secondary N) is 1. The molecule has 2 rings (SSSR count). The Kier molecular flexibility index (Phi) is 4.90. The fourth-order valence-corrected chi connectivity index (χ4v) is 2.09. The molecule has 1 aromatic heterocycles. The largest absolute Gasteiger partial charge is 0.493 e. The van der Waals surface area contributed by atoms with Crippen LogP contribution < -0.4 is 14.8 Å². The molecular weight excluding hydrogens is 254 g/mol. The number of ether oxygens (including phenoxy) is 2. The molecule has 0 aliphatic carbocycles. The Hall–Kier alpha value is -2.14. The molecule has 1 N–H and O–H groups in total. The highest BCUT2D eigenvalue weighted by molar-refractivity contribution is 5.43. The maximum atomic E-state index is 5.32. The van der Waals surface area contributed by atoms with Gasteiger partial charge in [0.15, 0.2) is 11.5 Å². The minimum Gasteiger partial charge on any atom is -0.493 e. The molecule has 0 radical (unpaired) electrons. The Balaban J connectivity index is 2.20. The van der Waals surface area contributed by atoms with Gasteiger partial charge < -0.3 is 14.8 Å². The summed E-state index contributed by atoms with van der Waals surface area (Å²) in [5.41, 5.74) is 2.07. The Labute approximate surface area is 119 Å². The van der Waals surface area contributed by atoms with Crippen LogP contribution in [0.2, 0.25) is 0 Å². The van der Waals surface area contributed by atoms with E-state index in [9.17, 15) is 0 Å². The van der Waals surface area contributed by atoms with Crippen molar-refractivity contribution < 1.29 is 9.47 Å². The Bertz CT molecular complexity index is 546. The summed E-state index contributed by atoms with van der Waals surface area (Å²) in [4.78, 5) is 8.45. The molecule has 5 heteroatoms. The first kappa shape index (κ1) is 14.3. The van der Waals surface area contributed by atoms with E-state index in [0.717, 1.165) is 29.2 Å². The van der Waals surface area contributed by atoms with Gasteiger partial charge in [-0.05, 0) is 31.2 Å². The lowest BCUT2D eigenvalue weighted by atomic mass is 10.0. The topological polar surface area (TPSA) is 56.3 Å². The Morgan fingerprint density at radius 2 is 1.95 bits per heavy atom. The van der Waals surface area contributed by atoms with Crippen molar-refractivity contribution in [2.75, 3.05) is 21.3 Å². The second-order valence-corrected chi connectivity index (χ2v) is 4.36. The van der Waals surface area contributed by atoms with E-state index >= 15 is 0 Å². The summed E-state index contributed by atoms with van der Waals surface area (Å²) in [6, 6.07) is 6.04. The fraction of sp³-hybridized carbons (Fsp3) is 0.333. The van der Waals surface area contributed by atoms with Gasteiger partial charge in [0.25, 0.3) is 0 Å². The second-order valence-electron chi connectivity index (χ2n) is 4.36. The summed E-state index contributed by atoms with van der Waals surface area (Å²) in [7, 11) is 5.19. The lowest BCUT2D eigenvalue weighted by Gasteiger charge is -2.16. The van der Waals surface area contributed by atoms with E-state index < -0.39 is 0 Å². The van der Waals surface area contributed by atoms with Gasteiger partial charge >= 0.3 is 0 Å². The predicted molar refractivity (Wildman–Crippen MR) is 77.1 cm³/mol. The number of likely N-dealkylation sites (N-methyl/N-ethyl adjacent to an activating group) is 1. The molecule has 0 saturated carbocycles. The smallest absolute Gasteiger partial charge is 0.160 e. The van der Waals surface area contributed by atoms with Crippen molar-refractivity contribution in [3.8, 4) is 11.5 Å². The number of nitrogens with zero attached hydrogens (tertiary/aromatic N) is 2. The van der Waals surface area contributed by atoms with Crippen molar-refractivity contribution in [1.82, 2.24) is 15.3 Å². The summed E-state index contributed by atoms with van der Waals surface area (Å²) in [5, 5.41) is 3.26. The molecule has 0 bridgehead atoms. The SMILES string of the molecule is CNC(Cc1ccc(OC)c(OC)c1)c1cnccn1. The summed E-state index contributed by atoms with van der Waals surface area (Å²) in [5.74, 6) is 1.47. The quantitative estimate of drug-likeness (QED) is 0.872. The number of hydrogen-bond donors (Lipinski definition) is 1. The van der Waals surface area contributed by atoms with Crippen LogP contribution in [0.25, 0.3) is 0 Å². The molecule has 0 amide bonds. The van der Waals surface area contributed by atoms with Gasteiger partial charge in [-0.25, -0.2) is 0 Å². The van der Waals surface area contributed by atoms with Gasteiger partial charge in [-0.15, -0.1) is 0 Å². The van der Waals surface area contributed by atoms with Gasteiger partial charge in [-0.3, -0.25) is 9.97 Å². The first-order valence-corrected chi connectivity index (χ1v) is 6.42. The molecule has 1 aromatic carbocycles. The van der Waals surface area contributed by atoms with Gasteiger partial charge in [-0.1, -0.05) is 6.07 Å². The molecule has 2 aromatic rings. The third-order valence-electron chi connectivity index (χ3n) is 3.18. The van der Waals surface area contributed by atoms with Crippen LogP contribution in [-0.2, 0) is 6.42 Å². The van der Waals surface area contributed by atoms with Crippen molar-refractivity contribution in [3.05, 3.63) is 48.0 Å². The monoisotopic (exact) mass is 273 g/mol.